The van der Waals surface area contributed by atoms with Crippen molar-refractivity contribution < 1.29 is 18.7 Å². The van der Waals surface area contributed by atoms with Crippen molar-refractivity contribution in [1.82, 2.24) is 10.2 Å². The molecule has 8 heteroatoms. The van der Waals surface area contributed by atoms with Crippen LogP contribution in [-0.2, 0) is 11.4 Å². The number of ether oxygens (including phenoxy) is 2. The van der Waals surface area contributed by atoms with Gasteiger partial charge in [-0.15, -0.1) is 0 Å². The molecule has 1 amide bonds. The molecule has 1 aliphatic rings. The van der Waals surface area contributed by atoms with Crippen LogP contribution in [0.5, 0.6) is 11.5 Å². The smallest absolute Gasteiger partial charge is 0.276 e. The van der Waals surface area contributed by atoms with Crippen LogP contribution in [0.2, 0.25) is 0 Å². The Labute approximate surface area is 188 Å². The van der Waals surface area contributed by atoms with E-state index in [1.165, 1.54) is 17.0 Å². The van der Waals surface area contributed by atoms with Crippen LogP contribution < -0.4 is 14.8 Å². The summed E-state index contributed by atoms with van der Waals surface area (Å²) in [5.41, 5.74) is 2.07. The minimum absolute atomic E-state index is 0.151. The van der Waals surface area contributed by atoms with Gasteiger partial charge in [0.15, 0.2) is 16.6 Å². The van der Waals surface area contributed by atoms with Crippen molar-refractivity contribution in [2.24, 2.45) is 0 Å². The molecule has 1 aliphatic heterocycles. The SMILES string of the molecule is CCOc1cc(/C=C2\NC(=S)N(CC)C2=O)cc(I)c1OCc1ccc(F)cc1. The van der Waals surface area contributed by atoms with E-state index in [1.54, 1.807) is 18.2 Å². The first-order valence-corrected chi connectivity index (χ1v) is 10.6. The highest BCUT2D eigenvalue weighted by atomic mass is 127. The fraction of sp³-hybridized carbons (Fsp3) is 0.238. The summed E-state index contributed by atoms with van der Waals surface area (Å²) in [6.45, 7) is 5.03. The van der Waals surface area contributed by atoms with Crippen LogP contribution in [0.4, 0.5) is 4.39 Å². The predicted octanol–water partition coefficient (Wildman–Crippen LogP) is 4.49. The standard InChI is InChI=1S/C21H20FIN2O3S/c1-3-25-20(26)17(24-21(25)29)10-14-9-16(23)19(18(11-14)27-4-2)28-12-13-5-7-15(22)8-6-13/h5-11H,3-4,12H2,1-2H3,(H,24,29)/b17-10-. The molecule has 0 spiro atoms. The number of likely N-dealkylation sites (N-methyl/N-ethyl adjacent to an activating group) is 1. The molecule has 1 N–H and O–H groups in total. The fourth-order valence-corrected chi connectivity index (χ4v) is 3.94. The Bertz CT molecular complexity index is 963. The van der Waals surface area contributed by atoms with Gasteiger partial charge >= 0.3 is 0 Å². The molecule has 152 valence electrons. The first kappa shape index (κ1) is 21.5. The van der Waals surface area contributed by atoms with E-state index >= 15 is 0 Å². The molecule has 0 bridgehead atoms. The summed E-state index contributed by atoms with van der Waals surface area (Å²) in [5.74, 6) is 0.748. The lowest BCUT2D eigenvalue weighted by Crippen LogP contribution is -2.30. The van der Waals surface area contributed by atoms with Crippen LogP contribution in [0.1, 0.15) is 25.0 Å². The third-order valence-corrected chi connectivity index (χ3v) is 5.34. The third kappa shape index (κ3) is 5.05. The minimum Gasteiger partial charge on any atom is -0.490 e. The summed E-state index contributed by atoms with van der Waals surface area (Å²) in [4.78, 5) is 13.9. The van der Waals surface area contributed by atoms with Gasteiger partial charge in [0.25, 0.3) is 5.91 Å². The quantitative estimate of drug-likeness (QED) is 0.328. The van der Waals surface area contributed by atoms with Crippen LogP contribution >= 0.6 is 34.8 Å². The van der Waals surface area contributed by atoms with Gasteiger partial charge in [-0.3, -0.25) is 9.69 Å². The third-order valence-electron chi connectivity index (χ3n) is 4.22. The Hall–Kier alpha value is -2.20. The van der Waals surface area contributed by atoms with Crippen LogP contribution in [0.3, 0.4) is 0 Å². The molecule has 2 aromatic rings. The van der Waals surface area contributed by atoms with Crippen molar-refractivity contribution >= 4 is 51.9 Å². The summed E-state index contributed by atoms with van der Waals surface area (Å²) in [7, 11) is 0. The summed E-state index contributed by atoms with van der Waals surface area (Å²) in [6, 6.07) is 9.90. The number of hydrogen-bond acceptors (Lipinski definition) is 4. The van der Waals surface area contributed by atoms with Gasteiger partial charge in [0, 0.05) is 6.54 Å². The van der Waals surface area contributed by atoms with Crippen LogP contribution in [0, 0.1) is 9.39 Å². The maximum Gasteiger partial charge on any atom is 0.276 e. The second-order valence-electron chi connectivity index (χ2n) is 6.22. The molecule has 0 atom stereocenters. The number of halogens is 2. The maximum absolute atomic E-state index is 13.1. The number of thiocarbonyl (C=S) groups is 1. The monoisotopic (exact) mass is 526 g/mol. The van der Waals surface area contributed by atoms with Gasteiger partial charge in [0.1, 0.15) is 18.1 Å². The Morgan fingerprint density at radius 1 is 1.21 bits per heavy atom. The van der Waals surface area contributed by atoms with Crippen molar-refractivity contribution in [1.29, 1.82) is 0 Å². The second-order valence-corrected chi connectivity index (χ2v) is 7.76. The highest BCUT2D eigenvalue weighted by Gasteiger charge is 2.29. The van der Waals surface area contributed by atoms with E-state index in [2.05, 4.69) is 27.9 Å². The molecule has 0 unspecified atom stereocenters. The van der Waals surface area contributed by atoms with E-state index < -0.39 is 0 Å². The molecule has 0 aliphatic carbocycles. The summed E-state index contributed by atoms with van der Waals surface area (Å²) in [5, 5.41) is 3.36. The molecule has 3 rings (SSSR count). The summed E-state index contributed by atoms with van der Waals surface area (Å²) < 4.78 is 25.6. The van der Waals surface area contributed by atoms with Crippen LogP contribution in [0.15, 0.2) is 42.1 Å². The summed E-state index contributed by atoms with van der Waals surface area (Å²) >= 11 is 7.37. The number of amides is 1. The minimum atomic E-state index is -0.285. The lowest BCUT2D eigenvalue weighted by Gasteiger charge is -2.15. The number of nitrogens with zero attached hydrogens (tertiary/aromatic N) is 1. The zero-order valence-corrected chi connectivity index (χ0v) is 19.0. The van der Waals surface area contributed by atoms with E-state index in [-0.39, 0.29) is 18.3 Å². The van der Waals surface area contributed by atoms with E-state index in [0.29, 0.717) is 35.5 Å². The molecule has 29 heavy (non-hydrogen) atoms. The van der Waals surface area contributed by atoms with Gasteiger partial charge in [-0.1, -0.05) is 12.1 Å². The van der Waals surface area contributed by atoms with Crippen LogP contribution in [0.25, 0.3) is 6.08 Å². The second kappa shape index (κ2) is 9.53. The van der Waals surface area contributed by atoms with Crippen molar-refractivity contribution in [3.63, 3.8) is 0 Å². The topological polar surface area (TPSA) is 50.8 Å². The molecule has 2 aromatic carbocycles. The number of rotatable bonds is 7. The number of benzene rings is 2. The van der Waals surface area contributed by atoms with Gasteiger partial charge in [-0.25, -0.2) is 4.39 Å². The lowest BCUT2D eigenvalue weighted by molar-refractivity contribution is -0.122. The Morgan fingerprint density at radius 3 is 2.55 bits per heavy atom. The number of hydrogen-bond donors (Lipinski definition) is 1. The average molecular weight is 526 g/mol. The Balaban J connectivity index is 1.86. The van der Waals surface area contributed by atoms with E-state index in [9.17, 15) is 9.18 Å². The van der Waals surface area contributed by atoms with Gasteiger partial charge in [-0.05, 0) is 90.1 Å². The Kier molecular flexibility index (Phi) is 7.07. The fourth-order valence-electron chi connectivity index (χ4n) is 2.84. The van der Waals surface area contributed by atoms with Gasteiger partial charge < -0.3 is 14.8 Å². The predicted molar refractivity (Wildman–Crippen MR) is 122 cm³/mol. The lowest BCUT2D eigenvalue weighted by atomic mass is 10.1. The normalized spacial score (nSPS) is 15.0. The molecule has 1 saturated heterocycles. The molecule has 1 heterocycles. The summed E-state index contributed by atoms with van der Waals surface area (Å²) in [6.07, 6.45) is 1.75. The van der Waals surface area contributed by atoms with E-state index in [1.807, 2.05) is 26.0 Å². The van der Waals surface area contributed by atoms with Crippen molar-refractivity contribution in [3.8, 4) is 11.5 Å². The molecule has 1 fully saturated rings. The molecular weight excluding hydrogens is 506 g/mol. The zero-order valence-electron chi connectivity index (χ0n) is 16.0. The van der Waals surface area contributed by atoms with E-state index in [0.717, 1.165) is 14.7 Å². The van der Waals surface area contributed by atoms with Crippen molar-refractivity contribution in [3.05, 3.63) is 62.6 Å². The maximum atomic E-state index is 13.1. The highest BCUT2D eigenvalue weighted by molar-refractivity contribution is 14.1. The van der Waals surface area contributed by atoms with Gasteiger partial charge in [-0.2, -0.15) is 0 Å². The first-order valence-electron chi connectivity index (χ1n) is 9.11. The molecule has 5 nitrogen and oxygen atoms in total. The number of carbonyl (C=O) groups is 1. The molecule has 0 aromatic heterocycles. The molecular formula is C21H20FIN2O3S. The van der Waals surface area contributed by atoms with E-state index in [4.69, 9.17) is 21.7 Å². The van der Waals surface area contributed by atoms with Crippen molar-refractivity contribution in [2.75, 3.05) is 13.2 Å². The first-order chi connectivity index (χ1) is 13.9. The number of nitrogens with one attached hydrogen (secondary N) is 1. The van der Waals surface area contributed by atoms with Gasteiger partial charge in [0.05, 0.1) is 10.2 Å². The van der Waals surface area contributed by atoms with Crippen LogP contribution in [-0.4, -0.2) is 29.1 Å². The average Bonchev–Trinajstić information content (AvgIpc) is 2.95. The highest BCUT2D eigenvalue weighted by Crippen LogP contribution is 2.35. The van der Waals surface area contributed by atoms with Gasteiger partial charge in [0.2, 0.25) is 0 Å². The molecule has 0 saturated carbocycles. The number of carbonyl (C=O) groups excluding carboxylic acids is 1. The molecule has 0 radical (unpaired) electrons. The van der Waals surface area contributed by atoms with Crippen molar-refractivity contribution in [2.45, 2.75) is 20.5 Å². The Morgan fingerprint density at radius 2 is 1.93 bits per heavy atom. The largest absolute Gasteiger partial charge is 0.490 e. The zero-order chi connectivity index (χ0) is 21.0.